The van der Waals surface area contributed by atoms with Gasteiger partial charge in [0, 0.05) is 12.8 Å². The van der Waals surface area contributed by atoms with Crippen molar-refractivity contribution in [2.45, 2.75) is 398 Å². The third-order valence-electron chi connectivity index (χ3n) is 15.9. The average Bonchev–Trinajstić information content (AvgIpc) is 3.38. The van der Waals surface area contributed by atoms with E-state index in [0.717, 1.165) is 38.5 Å². The Morgan fingerprint density at radius 1 is 0.333 bits per heavy atom. The van der Waals surface area contributed by atoms with Gasteiger partial charge in [-0.3, -0.25) is 9.59 Å². The summed E-state index contributed by atoms with van der Waals surface area (Å²) in [7, 11) is 0. The first-order valence-electron chi connectivity index (χ1n) is 33.3. The van der Waals surface area contributed by atoms with Gasteiger partial charge in [0.05, 0.1) is 25.4 Å². The molecule has 0 fully saturated rings. The van der Waals surface area contributed by atoms with Crippen LogP contribution in [-0.4, -0.2) is 47.4 Å². The smallest absolute Gasteiger partial charge is 0.305 e. The summed E-state index contributed by atoms with van der Waals surface area (Å²) in [5, 5.41) is 23.4. The Labute approximate surface area is 451 Å². The molecule has 72 heavy (non-hydrogen) atoms. The Morgan fingerprint density at radius 2 is 0.569 bits per heavy atom. The number of carbonyl (C=O) groups is 2. The van der Waals surface area contributed by atoms with Crippen LogP contribution in [0.3, 0.4) is 0 Å². The number of unbranched alkanes of at least 4 members (excludes halogenated alkanes) is 52. The van der Waals surface area contributed by atoms with Gasteiger partial charge in [-0.15, -0.1) is 0 Å². The van der Waals surface area contributed by atoms with Crippen LogP contribution in [0.15, 0.2) is 0 Å². The van der Waals surface area contributed by atoms with Gasteiger partial charge in [-0.2, -0.15) is 0 Å². The molecule has 2 unspecified atom stereocenters. The molecular weight excluding hydrogens is 887 g/mol. The standard InChI is InChI=1S/C66H131NO5/c1-3-5-7-9-11-13-15-17-19-20-21-25-28-31-34-38-42-46-50-54-58-64(69)63(62-68)67-65(70)59-55-51-47-43-39-35-32-29-26-23-22-24-27-30-33-37-41-45-49-53-57-61-72-66(71)60-56-52-48-44-40-36-18-16-14-12-10-8-6-4-2/h63-64,68-69H,3-62H2,1-2H3,(H,67,70). The molecule has 0 saturated carbocycles. The van der Waals surface area contributed by atoms with E-state index in [1.165, 1.54) is 315 Å². The minimum atomic E-state index is -0.665. The highest BCUT2D eigenvalue weighted by Gasteiger charge is 2.20. The summed E-state index contributed by atoms with van der Waals surface area (Å²) >= 11 is 0. The average molecular weight is 1020 g/mol. The zero-order chi connectivity index (χ0) is 52.2. The number of ether oxygens (including phenoxy) is 1. The number of carbonyl (C=O) groups excluding carboxylic acids is 2. The van der Waals surface area contributed by atoms with Gasteiger partial charge in [-0.1, -0.05) is 348 Å². The van der Waals surface area contributed by atoms with E-state index >= 15 is 0 Å². The fraction of sp³-hybridized carbons (Fsp3) is 0.970. The van der Waals surface area contributed by atoms with Crippen molar-refractivity contribution in [1.29, 1.82) is 0 Å². The molecule has 0 heterocycles. The second-order valence-electron chi connectivity index (χ2n) is 23.2. The van der Waals surface area contributed by atoms with Gasteiger partial charge in [-0.25, -0.2) is 0 Å². The van der Waals surface area contributed by atoms with Crippen LogP contribution in [0, 0.1) is 0 Å². The normalized spacial score (nSPS) is 12.4. The number of hydrogen-bond acceptors (Lipinski definition) is 5. The van der Waals surface area contributed by atoms with Gasteiger partial charge >= 0.3 is 5.97 Å². The van der Waals surface area contributed by atoms with Crippen molar-refractivity contribution in [2.24, 2.45) is 0 Å². The largest absolute Gasteiger partial charge is 0.466 e. The summed E-state index contributed by atoms with van der Waals surface area (Å²) < 4.78 is 5.49. The van der Waals surface area contributed by atoms with Crippen molar-refractivity contribution >= 4 is 11.9 Å². The molecule has 0 bridgehead atoms. The molecule has 0 radical (unpaired) electrons. The lowest BCUT2D eigenvalue weighted by molar-refractivity contribution is -0.143. The summed E-state index contributed by atoms with van der Waals surface area (Å²) in [6, 6.07) is -0.542. The molecule has 0 rings (SSSR count). The second-order valence-corrected chi connectivity index (χ2v) is 23.2. The van der Waals surface area contributed by atoms with E-state index in [4.69, 9.17) is 4.74 Å². The van der Waals surface area contributed by atoms with Crippen LogP contribution in [0.5, 0.6) is 0 Å². The zero-order valence-electron chi connectivity index (χ0n) is 49.2. The maximum Gasteiger partial charge on any atom is 0.305 e. The van der Waals surface area contributed by atoms with E-state index in [9.17, 15) is 19.8 Å². The van der Waals surface area contributed by atoms with Crippen molar-refractivity contribution in [3.05, 3.63) is 0 Å². The predicted octanol–water partition coefficient (Wildman–Crippen LogP) is 21.0. The van der Waals surface area contributed by atoms with Gasteiger partial charge in [0.25, 0.3) is 0 Å². The van der Waals surface area contributed by atoms with Gasteiger partial charge in [0.1, 0.15) is 0 Å². The zero-order valence-corrected chi connectivity index (χ0v) is 49.2. The predicted molar refractivity (Wildman–Crippen MR) is 315 cm³/mol. The van der Waals surface area contributed by atoms with E-state index in [2.05, 4.69) is 19.2 Å². The summed E-state index contributed by atoms with van der Waals surface area (Å²) in [4.78, 5) is 24.6. The molecule has 0 aromatic rings. The van der Waals surface area contributed by atoms with Gasteiger partial charge in [-0.05, 0) is 25.7 Å². The molecule has 0 aromatic carbocycles. The fourth-order valence-electron chi connectivity index (χ4n) is 10.8. The number of aliphatic hydroxyl groups excluding tert-OH is 2. The molecule has 0 aromatic heterocycles. The highest BCUT2D eigenvalue weighted by molar-refractivity contribution is 5.76. The van der Waals surface area contributed by atoms with Crippen LogP contribution >= 0.6 is 0 Å². The lowest BCUT2D eigenvalue weighted by Gasteiger charge is -2.22. The maximum absolute atomic E-state index is 12.5. The minimum Gasteiger partial charge on any atom is -0.466 e. The molecule has 430 valence electrons. The Kier molecular flexibility index (Phi) is 61.4. The molecule has 0 spiro atoms. The number of esters is 1. The lowest BCUT2D eigenvalue weighted by atomic mass is 10.0. The Hall–Kier alpha value is -1.14. The second kappa shape index (κ2) is 62.4. The molecule has 2 atom stereocenters. The molecule has 3 N–H and O–H groups in total. The van der Waals surface area contributed by atoms with E-state index in [0.29, 0.717) is 25.9 Å². The van der Waals surface area contributed by atoms with Gasteiger partial charge < -0.3 is 20.3 Å². The number of amides is 1. The van der Waals surface area contributed by atoms with Crippen molar-refractivity contribution in [3.63, 3.8) is 0 Å². The summed E-state index contributed by atoms with van der Waals surface area (Å²) in [6.07, 6.45) is 74.1. The Balaban J connectivity index is 3.37. The minimum absolute atomic E-state index is 0.0157. The first kappa shape index (κ1) is 70.9. The molecule has 1 amide bonds. The number of nitrogens with one attached hydrogen (secondary N) is 1. The maximum atomic E-state index is 12.5. The van der Waals surface area contributed by atoms with Gasteiger partial charge in [0.15, 0.2) is 0 Å². The number of hydrogen-bond donors (Lipinski definition) is 3. The molecule has 0 saturated heterocycles. The monoisotopic (exact) mass is 1020 g/mol. The van der Waals surface area contributed by atoms with Crippen molar-refractivity contribution in [3.8, 4) is 0 Å². The first-order valence-corrected chi connectivity index (χ1v) is 33.3. The van der Waals surface area contributed by atoms with E-state index in [1.807, 2.05) is 0 Å². The Morgan fingerprint density at radius 3 is 0.847 bits per heavy atom. The van der Waals surface area contributed by atoms with Crippen LogP contribution in [0.4, 0.5) is 0 Å². The first-order chi connectivity index (χ1) is 35.5. The van der Waals surface area contributed by atoms with Crippen molar-refractivity contribution in [1.82, 2.24) is 5.32 Å². The molecule has 6 nitrogen and oxygen atoms in total. The summed E-state index contributed by atoms with van der Waals surface area (Å²) in [5.41, 5.74) is 0. The molecule has 0 aliphatic heterocycles. The third kappa shape index (κ3) is 58.1. The lowest BCUT2D eigenvalue weighted by Crippen LogP contribution is -2.45. The van der Waals surface area contributed by atoms with Gasteiger partial charge in [0.2, 0.25) is 5.91 Å². The van der Waals surface area contributed by atoms with E-state index < -0.39 is 12.1 Å². The SMILES string of the molecule is CCCCCCCCCCCCCCCCCCCCCCC(O)C(CO)NC(=O)CCCCCCCCCCCCCCCCCCCCCCCOC(=O)CCCCCCCCCCCCCCCC. The fourth-order valence-corrected chi connectivity index (χ4v) is 10.8. The molecule has 0 aliphatic carbocycles. The highest BCUT2D eigenvalue weighted by atomic mass is 16.5. The molecular formula is C66H131NO5. The Bertz CT molecular complexity index is 1040. The molecule has 6 heteroatoms. The van der Waals surface area contributed by atoms with Crippen LogP contribution in [0.25, 0.3) is 0 Å². The van der Waals surface area contributed by atoms with Crippen LogP contribution in [0.1, 0.15) is 386 Å². The number of aliphatic hydroxyl groups is 2. The van der Waals surface area contributed by atoms with Crippen LogP contribution in [-0.2, 0) is 14.3 Å². The third-order valence-corrected chi connectivity index (χ3v) is 15.9. The van der Waals surface area contributed by atoms with E-state index in [-0.39, 0.29) is 18.5 Å². The van der Waals surface area contributed by atoms with Crippen molar-refractivity contribution < 1.29 is 24.5 Å². The van der Waals surface area contributed by atoms with Crippen molar-refractivity contribution in [2.75, 3.05) is 13.2 Å². The van der Waals surface area contributed by atoms with Crippen LogP contribution in [0.2, 0.25) is 0 Å². The molecule has 0 aliphatic rings. The number of rotatable bonds is 63. The van der Waals surface area contributed by atoms with E-state index in [1.54, 1.807) is 0 Å². The summed E-state index contributed by atoms with van der Waals surface area (Å²) in [5.74, 6) is -0.0153. The van der Waals surface area contributed by atoms with Crippen LogP contribution < -0.4 is 5.32 Å². The highest BCUT2D eigenvalue weighted by Crippen LogP contribution is 2.19. The topological polar surface area (TPSA) is 95.9 Å². The summed E-state index contributed by atoms with van der Waals surface area (Å²) in [6.45, 7) is 5.00. The quantitative estimate of drug-likeness (QED) is 0.0417.